The maximum atomic E-state index is 12.6. The Morgan fingerprint density at radius 2 is 1.78 bits per heavy atom. The van der Waals surface area contributed by atoms with Crippen LogP contribution in [0.1, 0.15) is 0 Å². The maximum absolute atomic E-state index is 12.6. The minimum Gasteiger partial charge on any atom is -0.487 e. The van der Waals surface area contributed by atoms with Gasteiger partial charge >= 0.3 is 6.03 Å². The normalized spacial score (nSPS) is 17.6. The van der Waals surface area contributed by atoms with Crippen molar-refractivity contribution in [2.45, 2.75) is 6.10 Å². The Hall–Kier alpha value is -2.18. The molecule has 27 heavy (non-hydrogen) atoms. The number of nitrogens with zero attached hydrogens (tertiary/aromatic N) is 4. The minimum atomic E-state index is -0.0130. The second-order valence-electron chi connectivity index (χ2n) is 6.67. The molecule has 2 aliphatic heterocycles. The van der Waals surface area contributed by atoms with E-state index in [9.17, 15) is 4.79 Å². The van der Waals surface area contributed by atoms with E-state index in [4.69, 9.17) is 27.9 Å². The summed E-state index contributed by atoms with van der Waals surface area (Å²) >= 11 is 11.9. The van der Waals surface area contributed by atoms with Gasteiger partial charge in [0.05, 0.1) is 23.1 Å². The summed E-state index contributed by atoms with van der Waals surface area (Å²) in [6.45, 7) is 4.15. The fourth-order valence-corrected chi connectivity index (χ4v) is 3.57. The van der Waals surface area contributed by atoms with Gasteiger partial charge in [-0.2, -0.15) is 0 Å². The van der Waals surface area contributed by atoms with Crippen LogP contribution in [0.5, 0.6) is 5.75 Å². The van der Waals surface area contributed by atoms with Gasteiger partial charge in [0.2, 0.25) is 0 Å². The van der Waals surface area contributed by atoms with Crippen molar-refractivity contribution >= 4 is 35.1 Å². The van der Waals surface area contributed by atoms with Crippen LogP contribution in [0.2, 0.25) is 10.0 Å². The highest BCUT2D eigenvalue weighted by Crippen LogP contribution is 2.28. The predicted molar refractivity (Wildman–Crippen MR) is 106 cm³/mol. The average Bonchev–Trinajstić information content (AvgIpc) is 2.67. The SMILES string of the molecule is O=C(N1CCN(c2ccccn2)CC1)N1CC(Oc2ccc(Cl)c(Cl)c2)C1. The lowest BCUT2D eigenvalue weighted by molar-refractivity contribution is 0.0302. The van der Waals surface area contributed by atoms with E-state index in [0.29, 0.717) is 42.0 Å². The van der Waals surface area contributed by atoms with E-state index < -0.39 is 0 Å². The lowest BCUT2D eigenvalue weighted by Crippen LogP contribution is -2.62. The number of pyridine rings is 1. The molecule has 0 atom stereocenters. The Balaban J connectivity index is 1.24. The molecule has 2 saturated heterocycles. The predicted octanol–water partition coefficient (Wildman–Crippen LogP) is 3.39. The fourth-order valence-electron chi connectivity index (χ4n) is 3.28. The van der Waals surface area contributed by atoms with Crippen LogP contribution in [0.4, 0.5) is 10.6 Å². The molecule has 0 unspecified atom stereocenters. The van der Waals surface area contributed by atoms with Crippen molar-refractivity contribution in [1.29, 1.82) is 0 Å². The number of carbonyl (C=O) groups is 1. The molecule has 0 radical (unpaired) electrons. The second-order valence-corrected chi connectivity index (χ2v) is 7.48. The van der Waals surface area contributed by atoms with Crippen LogP contribution in [0.25, 0.3) is 0 Å². The number of rotatable bonds is 3. The molecule has 0 saturated carbocycles. The van der Waals surface area contributed by atoms with Gasteiger partial charge in [0.25, 0.3) is 0 Å². The molecule has 0 N–H and O–H groups in total. The molecule has 0 spiro atoms. The molecule has 2 aromatic rings. The van der Waals surface area contributed by atoms with Crippen molar-refractivity contribution in [2.24, 2.45) is 0 Å². The summed E-state index contributed by atoms with van der Waals surface area (Å²) in [5, 5.41) is 0.964. The Bertz CT molecular complexity index is 807. The molecule has 0 aliphatic carbocycles. The van der Waals surface area contributed by atoms with E-state index in [0.717, 1.165) is 18.9 Å². The highest BCUT2D eigenvalue weighted by molar-refractivity contribution is 6.42. The van der Waals surface area contributed by atoms with E-state index in [1.807, 2.05) is 28.0 Å². The molecule has 2 aliphatic rings. The van der Waals surface area contributed by atoms with E-state index in [1.54, 1.807) is 24.4 Å². The first-order chi connectivity index (χ1) is 13.1. The van der Waals surface area contributed by atoms with Crippen LogP contribution in [-0.2, 0) is 0 Å². The molecular weight excluding hydrogens is 387 g/mol. The topological polar surface area (TPSA) is 48.9 Å². The lowest BCUT2D eigenvalue weighted by Gasteiger charge is -2.43. The van der Waals surface area contributed by atoms with Gasteiger partial charge in [-0.3, -0.25) is 0 Å². The number of anilines is 1. The van der Waals surface area contributed by atoms with Crippen molar-refractivity contribution in [3.63, 3.8) is 0 Å². The van der Waals surface area contributed by atoms with E-state index in [2.05, 4.69) is 9.88 Å². The summed E-state index contributed by atoms with van der Waals surface area (Å²) in [4.78, 5) is 22.9. The second kappa shape index (κ2) is 7.82. The zero-order valence-electron chi connectivity index (χ0n) is 14.7. The summed E-state index contributed by atoms with van der Waals surface area (Å²) in [6, 6.07) is 11.2. The van der Waals surface area contributed by atoms with Crippen LogP contribution >= 0.6 is 23.2 Å². The zero-order chi connectivity index (χ0) is 18.8. The Morgan fingerprint density at radius 1 is 1.00 bits per heavy atom. The first-order valence-corrected chi connectivity index (χ1v) is 9.67. The third-order valence-corrected chi connectivity index (χ3v) is 5.57. The molecule has 4 rings (SSSR count). The molecule has 1 aromatic heterocycles. The first kappa shape index (κ1) is 18.2. The smallest absolute Gasteiger partial charge is 0.320 e. The average molecular weight is 407 g/mol. The van der Waals surface area contributed by atoms with Gasteiger partial charge in [-0.1, -0.05) is 29.3 Å². The highest BCUT2D eigenvalue weighted by Gasteiger charge is 2.35. The van der Waals surface area contributed by atoms with Gasteiger partial charge in [0, 0.05) is 38.4 Å². The third-order valence-electron chi connectivity index (χ3n) is 4.84. The van der Waals surface area contributed by atoms with Gasteiger partial charge in [-0.15, -0.1) is 0 Å². The lowest BCUT2D eigenvalue weighted by atomic mass is 10.1. The number of amides is 2. The number of carbonyl (C=O) groups excluding carboxylic acids is 1. The zero-order valence-corrected chi connectivity index (χ0v) is 16.2. The highest BCUT2D eigenvalue weighted by atomic mass is 35.5. The summed E-state index contributed by atoms with van der Waals surface area (Å²) < 4.78 is 5.86. The molecule has 8 heteroatoms. The van der Waals surface area contributed by atoms with E-state index >= 15 is 0 Å². The van der Waals surface area contributed by atoms with E-state index in [1.165, 1.54) is 0 Å². The molecule has 6 nitrogen and oxygen atoms in total. The molecule has 142 valence electrons. The maximum Gasteiger partial charge on any atom is 0.320 e. The number of urea groups is 1. The van der Waals surface area contributed by atoms with Gasteiger partial charge in [-0.25, -0.2) is 9.78 Å². The minimum absolute atomic E-state index is 0.0130. The number of ether oxygens (including phenoxy) is 1. The number of likely N-dealkylation sites (tertiary alicyclic amines) is 1. The van der Waals surface area contributed by atoms with Crippen molar-refractivity contribution in [3.05, 3.63) is 52.6 Å². The Morgan fingerprint density at radius 3 is 2.44 bits per heavy atom. The van der Waals surface area contributed by atoms with Crippen molar-refractivity contribution in [3.8, 4) is 5.75 Å². The quantitative estimate of drug-likeness (QED) is 0.783. The summed E-state index contributed by atoms with van der Waals surface area (Å²) in [5.74, 6) is 1.63. The van der Waals surface area contributed by atoms with Gasteiger partial charge < -0.3 is 19.4 Å². The molecule has 0 bridgehead atoms. The van der Waals surface area contributed by atoms with Crippen molar-refractivity contribution in [1.82, 2.24) is 14.8 Å². The number of benzene rings is 1. The van der Waals surface area contributed by atoms with Gasteiger partial charge in [-0.05, 0) is 24.3 Å². The number of hydrogen-bond donors (Lipinski definition) is 0. The molecule has 1 aromatic carbocycles. The number of halogens is 2. The van der Waals surface area contributed by atoms with Crippen molar-refractivity contribution < 1.29 is 9.53 Å². The van der Waals surface area contributed by atoms with Gasteiger partial charge in [0.1, 0.15) is 17.7 Å². The van der Waals surface area contributed by atoms with Crippen LogP contribution in [0.3, 0.4) is 0 Å². The fraction of sp³-hybridized carbons (Fsp3) is 0.368. The summed E-state index contributed by atoms with van der Waals surface area (Å²) in [5.41, 5.74) is 0. The largest absolute Gasteiger partial charge is 0.487 e. The molecule has 3 heterocycles. The van der Waals surface area contributed by atoms with E-state index in [-0.39, 0.29) is 12.1 Å². The standard InChI is InChI=1S/C19H20Cl2N4O2/c20-16-5-4-14(11-17(16)21)27-15-12-25(13-15)19(26)24-9-7-23(8-10-24)18-3-1-2-6-22-18/h1-6,11,15H,7-10,12-13H2. The van der Waals surface area contributed by atoms with Crippen LogP contribution in [0.15, 0.2) is 42.6 Å². The number of piperazine rings is 1. The molecule has 2 fully saturated rings. The molecular formula is C19H20Cl2N4O2. The summed E-state index contributed by atoms with van der Waals surface area (Å²) in [7, 11) is 0. The van der Waals surface area contributed by atoms with Crippen LogP contribution in [-0.4, -0.2) is 66.2 Å². The van der Waals surface area contributed by atoms with Crippen molar-refractivity contribution in [2.75, 3.05) is 44.2 Å². The third kappa shape index (κ3) is 4.06. The first-order valence-electron chi connectivity index (χ1n) is 8.92. The Kier molecular flexibility index (Phi) is 5.27. The molecule has 2 amide bonds. The number of aromatic nitrogens is 1. The number of hydrogen-bond acceptors (Lipinski definition) is 4. The monoisotopic (exact) mass is 406 g/mol. The Labute approximate surface area is 168 Å². The van der Waals surface area contributed by atoms with Crippen LogP contribution in [0, 0.1) is 0 Å². The van der Waals surface area contributed by atoms with Crippen LogP contribution < -0.4 is 9.64 Å². The van der Waals surface area contributed by atoms with Gasteiger partial charge in [0.15, 0.2) is 0 Å². The summed E-state index contributed by atoms with van der Waals surface area (Å²) in [6.07, 6.45) is 1.78.